The molecule has 1 aliphatic rings. The third-order valence-corrected chi connectivity index (χ3v) is 5.45. The minimum Gasteiger partial charge on any atom is -0.445 e. The lowest BCUT2D eigenvalue weighted by atomic mass is 9.99. The van der Waals surface area contributed by atoms with E-state index >= 15 is 0 Å². The van der Waals surface area contributed by atoms with Gasteiger partial charge in [0.1, 0.15) is 11.7 Å². The molecule has 1 rings (SSSR count). The number of hydrogen-bond acceptors (Lipinski definition) is 6. The number of amides is 3. The van der Waals surface area contributed by atoms with Crippen LogP contribution < -0.4 is 5.43 Å². The Bertz CT molecular complexity index is 629. The van der Waals surface area contributed by atoms with Crippen LogP contribution in [0.15, 0.2) is 0 Å². The van der Waals surface area contributed by atoms with Gasteiger partial charge < -0.3 is 4.74 Å². The van der Waals surface area contributed by atoms with Gasteiger partial charge in [-0.15, -0.1) is 0 Å². The fourth-order valence-corrected chi connectivity index (χ4v) is 3.87. The summed E-state index contributed by atoms with van der Waals surface area (Å²) in [6.45, 7) is 13.2. The van der Waals surface area contributed by atoms with Crippen molar-refractivity contribution in [3.63, 3.8) is 0 Å². The van der Waals surface area contributed by atoms with Crippen molar-refractivity contribution < 1.29 is 28.9 Å². The van der Waals surface area contributed by atoms with Gasteiger partial charge in [-0.2, -0.15) is 5.01 Å². The van der Waals surface area contributed by atoms with Gasteiger partial charge in [0.2, 0.25) is 5.91 Å². The minimum atomic E-state index is -0.829. The van der Waals surface area contributed by atoms with Crippen molar-refractivity contribution in [1.82, 2.24) is 10.4 Å². The Hall–Kier alpha value is -1.67. The molecule has 0 bridgehead atoms. The number of hydrazine groups is 1. The lowest BCUT2D eigenvalue weighted by Crippen LogP contribution is -2.47. The number of carbonyl (C=O) groups excluding carboxylic acids is 3. The van der Waals surface area contributed by atoms with Crippen LogP contribution in [-0.2, 0) is 24.1 Å². The molecule has 2 atom stereocenters. The first-order valence-electron chi connectivity index (χ1n) is 12.6. The van der Waals surface area contributed by atoms with Gasteiger partial charge in [0, 0.05) is 18.8 Å². The molecule has 33 heavy (non-hydrogen) atoms. The Balaban J connectivity index is 2.35. The SMILES string of the molecule is CCCCCCCCCCC1CC(=O)N(NC(=O)OC(C)CC(C)(C)OOC(C)(C)C)C1=O. The molecule has 0 spiro atoms. The average Bonchev–Trinajstić information content (AvgIpc) is 2.95. The predicted octanol–water partition coefficient (Wildman–Crippen LogP) is 5.84. The number of imide groups is 1. The van der Waals surface area contributed by atoms with Crippen LogP contribution in [0, 0.1) is 5.92 Å². The van der Waals surface area contributed by atoms with Crippen LogP contribution >= 0.6 is 0 Å². The van der Waals surface area contributed by atoms with Crippen LogP contribution in [0.5, 0.6) is 0 Å². The first-order chi connectivity index (χ1) is 15.3. The van der Waals surface area contributed by atoms with E-state index in [9.17, 15) is 14.4 Å². The fraction of sp³-hybridized carbons (Fsp3) is 0.880. The molecule has 0 aromatic heterocycles. The van der Waals surface area contributed by atoms with E-state index in [1.54, 1.807) is 6.92 Å². The summed E-state index contributed by atoms with van der Waals surface area (Å²) in [6, 6.07) is 0. The summed E-state index contributed by atoms with van der Waals surface area (Å²) in [7, 11) is 0. The normalized spacial score (nSPS) is 18.0. The van der Waals surface area contributed by atoms with Gasteiger partial charge in [0.25, 0.3) is 5.91 Å². The highest BCUT2D eigenvalue weighted by Gasteiger charge is 2.40. The van der Waals surface area contributed by atoms with Gasteiger partial charge in [-0.1, -0.05) is 58.3 Å². The molecule has 1 saturated heterocycles. The second kappa shape index (κ2) is 13.9. The Morgan fingerprint density at radius 3 is 2.15 bits per heavy atom. The van der Waals surface area contributed by atoms with Gasteiger partial charge in [0.15, 0.2) is 0 Å². The monoisotopic (exact) mass is 470 g/mol. The van der Waals surface area contributed by atoms with Crippen LogP contribution in [0.25, 0.3) is 0 Å². The molecule has 0 aromatic rings. The maximum absolute atomic E-state index is 12.6. The molecule has 2 unspecified atom stereocenters. The summed E-state index contributed by atoms with van der Waals surface area (Å²) in [6.07, 6.45) is 9.29. The Labute approximate surface area is 200 Å². The molecular weight excluding hydrogens is 424 g/mol. The maximum Gasteiger partial charge on any atom is 0.426 e. The number of unbranched alkanes of at least 4 members (excludes halogenated alkanes) is 7. The van der Waals surface area contributed by atoms with Crippen molar-refractivity contribution >= 4 is 17.9 Å². The molecule has 8 nitrogen and oxygen atoms in total. The Morgan fingerprint density at radius 1 is 1.00 bits per heavy atom. The first-order valence-corrected chi connectivity index (χ1v) is 12.6. The van der Waals surface area contributed by atoms with Crippen LogP contribution in [0.4, 0.5) is 4.79 Å². The molecule has 0 radical (unpaired) electrons. The second-order valence-electron chi connectivity index (χ2n) is 10.8. The molecule has 192 valence electrons. The zero-order valence-corrected chi connectivity index (χ0v) is 21.8. The minimum absolute atomic E-state index is 0.135. The molecule has 1 fully saturated rings. The Kier molecular flexibility index (Phi) is 12.4. The summed E-state index contributed by atoms with van der Waals surface area (Å²) in [5.41, 5.74) is 1.17. The molecule has 1 heterocycles. The van der Waals surface area contributed by atoms with E-state index in [0.29, 0.717) is 12.8 Å². The molecule has 8 heteroatoms. The molecule has 0 saturated carbocycles. The maximum atomic E-state index is 12.6. The number of hydrogen-bond donors (Lipinski definition) is 1. The quantitative estimate of drug-likeness (QED) is 0.140. The zero-order chi connectivity index (χ0) is 25.1. The highest BCUT2D eigenvalue weighted by atomic mass is 17.2. The van der Waals surface area contributed by atoms with Crippen molar-refractivity contribution in [3.8, 4) is 0 Å². The van der Waals surface area contributed by atoms with E-state index in [0.717, 1.165) is 24.3 Å². The van der Waals surface area contributed by atoms with Gasteiger partial charge in [0.05, 0.1) is 5.60 Å². The van der Waals surface area contributed by atoms with Gasteiger partial charge in [-0.05, 0) is 48.0 Å². The summed E-state index contributed by atoms with van der Waals surface area (Å²) >= 11 is 0. The van der Waals surface area contributed by atoms with Crippen molar-refractivity contribution in [2.24, 2.45) is 5.92 Å². The molecule has 0 aromatic carbocycles. The highest BCUT2D eigenvalue weighted by Crippen LogP contribution is 2.25. The number of nitrogens with zero attached hydrogens (tertiary/aromatic N) is 1. The van der Waals surface area contributed by atoms with Crippen LogP contribution in [0.3, 0.4) is 0 Å². The highest BCUT2D eigenvalue weighted by molar-refractivity contribution is 6.04. The number of nitrogens with one attached hydrogen (secondary N) is 1. The van der Waals surface area contributed by atoms with E-state index in [1.807, 2.05) is 34.6 Å². The van der Waals surface area contributed by atoms with Gasteiger partial charge in [-0.25, -0.2) is 20.0 Å². The summed E-state index contributed by atoms with van der Waals surface area (Å²) in [5.74, 6) is -1.11. The fourth-order valence-electron chi connectivity index (χ4n) is 3.87. The van der Waals surface area contributed by atoms with Crippen LogP contribution in [0.1, 0.15) is 119 Å². The van der Waals surface area contributed by atoms with Gasteiger partial charge in [-0.3, -0.25) is 9.59 Å². The lowest BCUT2D eigenvalue weighted by molar-refractivity contribution is -0.399. The van der Waals surface area contributed by atoms with Crippen LogP contribution in [-0.4, -0.2) is 40.2 Å². The molecule has 1 aliphatic heterocycles. The summed E-state index contributed by atoms with van der Waals surface area (Å²) in [4.78, 5) is 47.9. The predicted molar refractivity (Wildman–Crippen MR) is 127 cm³/mol. The van der Waals surface area contributed by atoms with Gasteiger partial charge >= 0.3 is 6.09 Å². The first kappa shape index (κ1) is 29.4. The summed E-state index contributed by atoms with van der Waals surface area (Å²) < 4.78 is 5.33. The van der Waals surface area contributed by atoms with E-state index in [-0.39, 0.29) is 18.2 Å². The van der Waals surface area contributed by atoms with Crippen molar-refractivity contribution in [1.29, 1.82) is 0 Å². The summed E-state index contributed by atoms with van der Waals surface area (Å²) in [5, 5.41) is 0.814. The molecular formula is C25H46N2O6. The van der Waals surface area contributed by atoms with E-state index < -0.39 is 29.3 Å². The molecule has 1 N–H and O–H groups in total. The number of ether oxygens (including phenoxy) is 1. The largest absolute Gasteiger partial charge is 0.445 e. The van der Waals surface area contributed by atoms with E-state index in [1.165, 1.54) is 32.1 Å². The van der Waals surface area contributed by atoms with Crippen molar-refractivity contribution in [2.75, 3.05) is 0 Å². The molecule has 0 aliphatic carbocycles. The van der Waals surface area contributed by atoms with Crippen molar-refractivity contribution in [3.05, 3.63) is 0 Å². The Morgan fingerprint density at radius 2 is 1.58 bits per heavy atom. The molecule has 3 amide bonds. The second-order valence-corrected chi connectivity index (χ2v) is 10.8. The number of carbonyl (C=O) groups is 3. The zero-order valence-electron chi connectivity index (χ0n) is 21.8. The van der Waals surface area contributed by atoms with Crippen LogP contribution in [0.2, 0.25) is 0 Å². The average molecular weight is 471 g/mol. The topological polar surface area (TPSA) is 94.2 Å². The lowest BCUT2D eigenvalue weighted by Gasteiger charge is -2.30. The third kappa shape index (κ3) is 12.4. The number of rotatable bonds is 15. The third-order valence-electron chi connectivity index (χ3n) is 5.45. The van der Waals surface area contributed by atoms with Crippen molar-refractivity contribution in [2.45, 2.75) is 136 Å². The smallest absolute Gasteiger partial charge is 0.426 e. The van der Waals surface area contributed by atoms with E-state index in [4.69, 9.17) is 14.5 Å². The standard InChI is InChI=1S/C25H46N2O6/c1-8-9-10-11-12-13-14-15-16-20-17-21(28)27(22(20)29)26-23(30)31-19(2)18-25(6,7)33-32-24(3,4)5/h19-20H,8-18H2,1-7H3,(H,26,30). The van der Waals surface area contributed by atoms with E-state index in [2.05, 4.69) is 12.3 Å².